The topological polar surface area (TPSA) is 72.8 Å². The van der Waals surface area contributed by atoms with E-state index in [1.54, 1.807) is 43.6 Å². The Labute approximate surface area is 174 Å². The molecule has 1 aliphatic rings. The van der Waals surface area contributed by atoms with Crippen molar-refractivity contribution >= 4 is 16.7 Å². The van der Waals surface area contributed by atoms with Crippen molar-refractivity contribution in [3.8, 4) is 11.4 Å². The summed E-state index contributed by atoms with van der Waals surface area (Å²) in [6.45, 7) is 4.51. The van der Waals surface area contributed by atoms with Crippen molar-refractivity contribution in [2.75, 3.05) is 46.5 Å². The molecular formula is C23H25N3O4. The van der Waals surface area contributed by atoms with Crippen molar-refractivity contribution in [2.45, 2.75) is 0 Å². The Bertz CT molecular complexity index is 1090. The predicted molar refractivity (Wildman–Crippen MR) is 116 cm³/mol. The predicted octanol–water partition coefficient (Wildman–Crippen LogP) is 2.06. The van der Waals surface area contributed by atoms with Crippen molar-refractivity contribution in [1.29, 1.82) is 0 Å². The molecule has 3 aromatic rings. The molecule has 1 saturated heterocycles. The fourth-order valence-corrected chi connectivity index (χ4v) is 3.65. The van der Waals surface area contributed by atoms with E-state index >= 15 is 0 Å². The lowest BCUT2D eigenvalue weighted by Gasteiger charge is -2.26. The highest BCUT2D eigenvalue weighted by Gasteiger charge is 2.16. The second-order valence-corrected chi connectivity index (χ2v) is 7.17. The number of nitrogens with one attached hydrogen (secondary N) is 1. The van der Waals surface area contributed by atoms with E-state index in [0.717, 1.165) is 32.8 Å². The number of amides is 1. The van der Waals surface area contributed by atoms with Gasteiger partial charge in [0.1, 0.15) is 5.75 Å². The Morgan fingerprint density at radius 2 is 1.77 bits per heavy atom. The average Bonchev–Trinajstić information content (AvgIpc) is 2.80. The summed E-state index contributed by atoms with van der Waals surface area (Å²) in [7, 11) is 1.59. The van der Waals surface area contributed by atoms with E-state index in [1.165, 1.54) is 4.57 Å². The number of fused-ring (bicyclic) bond motifs is 1. The Balaban J connectivity index is 1.63. The van der Waals surface area contributed by atoms with Crippen LogP contribution in [0, 0.1) is 0 Å². The van der Waals surface area contributed by atoms with Crippen LogP contribution in [0.2, 0.25) is 0 Å². The Hall–Kier alpha value is -3.16. The molecule has 0 atom stereocenters. The van der Waals surface area contributed by atoms with Crippen LogP contribution >= 0.6 is 0 Å². The smallest absolute Gasteiger partial charge is 0.262 e. The molecule has 4 rings (SSSR count). The number of carbonyl (C=O) groups is 1. The molecule has 2 heterocycles. The number of carbonyl (C=O) groups excluding carboxylic acids is 1. The zero-order valence-corrected chi connectivity index (χ0v) is 17.0. The summed E-state index contributed by atoms with van der Waals surface area (Å²) in [6.07, 6.45) is 1.62. The molecule has 1 fully saturated rings. The van der Waals surface area contributed by atoms with Crippen molar-refractivity contribution < 1.29 is 14.3 Å². The number of morpholine rings is 1. The molecule has 0 aliphatic carbocycles. The van der Waals surface area contributed by atoms with Crippen LogP contribution in [0.4, 0.5) is 0 Å². The monoisotopic (exact) mass is 407 g/mol. The third-order valence-corrected chi connectivity index (χ3v) is 5.34. The van der Waals surface area contributed by atoms with E-state index in [1.807, 2.05) is 18.2 Å². The summed E-state index contributed by atoms with van der Waals surface area (Å²) in [5.41, 5.74) is 0.984. The second-order valence-electron chi connectivity index (χ2n) is 7.17. The van der Waals surface area contributed by atoms with Gasteiger partial charge in [-0.05, 0) is 30.3 Å². The third kappa shape index (κ3) is 4.22. The lowest BCUT2D eigenvalue weighted by molar-refractivity contribution is 0.0383. The first-order chi connectivity index (χ1) is 14.7. The molecule has 7 nitrogen and oxygen atoms in total. The fourth-order valence-electron chi connectivity index (χ4n) is 3.65. The number of methoxy groups -OCH3 is 1. The van der Waals surface area contributed by atoms with E-state index in [2.05, 4.69) is 10.2 Å². The summed E-state index contributed by atoms with van der Waals surface area (Å²) in [4.78, 5) is 28.3. The maximum atomic E-state index is 13.1. The van der Waals surface area contributed by atoms with Crippen molar-refractivity contribution in [3.05, 3.63) is 70.6 Å². The molecule has 0 spiro atoms. The maximum Gasteiger partial charge on any atom is 0.262 e. The number of nitrogens with zero attached hydrogens (tertiary/aromatic N) is 2. The Morgan fingerprint density at radius 3 is 2.47 bits per heavy atom. The van der Waals surface area contributed by atoms with Gasteiger partial charge in [0.15, 0.2) is 0 Å². The van der Waals surface area contributed by atoms with Crippen LogP contribution in [0.3, 0.4) is 0 Å². The minimum Gasteiger partial charge on any atom is -0.497 e. The largest absolute Gasteiger partial charge is 0.497 e. The van der Waals surface area contributed by atoms with Crippen molar-refractivity contribution in [1.82, 2.24) is 14.8 Å². The molecule has 0 bridgehead atoms. The SMILES string of the molecule is COc1ccc(-n2cc(C(=O)NCCN3CCOCC3)c3ccccc3c2=O)cc1. The maximum absolute atomic E-state index is 13.1. The molecule has 1 N–H and O–H groups in total. The minimum atomic E-state index is -0.193. The quantitative estimate of drug-likeness (QED) is 0.677. The summed E-state index contributed by atoms with van der Waals surface area (Å²) in [5, 5.41) is 4.16. The van der Waals surface area contributed by atoms with Crippen LogP contribution in [0.25, 0.3) is 16.5 Å². The van der Waals surface area contributed by atoms with Gasteiger partial charge in [0, 0.05) is 48.8 Å². The highest BCUT2D eigenvalue weighted by Crippen LogP contribution is 2.19. The molecule has 0 radical (unpaired) electrons. The standard InChI is InChI=1S/C23H25N3O4/c1-29-18-8-6-17(7-9-18)26-16-21(19-4-2-3-5-20(19)23(26)28)22(27)24-10-11-25-12-14-30-15-13-25/h2-9,16H,10-15H2,1H3,(H,24,27). The molecule has 1 amide bonds. The molecule has 2 aromatic carbocycles. The Morgan fingerprint density at radius 1 is 1.07 bits per heavy atom. The fraction of sp³-hybridized carbons (Fsp3) is 0.304. The van der Waals surface area contributed by atoms with E-state index in [4.69, 9.17) is 9.47 Å². The van der Waals surface area contributed by atoms with Gasteiger partial charge in [-0.2, -0.15) is 0 Å². The molecular weight excluding hydrogens is 382 g/mol. The molecule has 156 valence electrons. The number of hydrogen-bond donors (Lipinski definition) is 1. The number of rotatable bonds is 6. The molecule has 1 aromatic heterocycles. The zero-order chi connectivity index (χ0) is 20.9. The van der Waals surface area contributed by atoms with E-state index in [0.29, 0.717) is 34.3 Å². The van der Waals surface area contributed by atoms with Gasteiger partial charge in [0.25, 0.3) is 11.5 Å². The number of pyridine rings is 1. The molecule has 0 saturated carbocycles. The first-order valence-electron chi connectivity index (χ1n) is 10.0. The van der Waals surface area contributed by atoms with Gasteiger partial charge < -0.3 is 14.8 Å². The van der Waals surface area contributed by atoms with Gasteiger partial charge in [-0.1, -0.05) is 18.2 Å². The minimum absolute atomic E-state index is 0.166. The number of hydrogen-bond acceptors (Lipinski definition) is 5. The molecule has 1 aliphatic heterocycles. The second kappa shape index (κ2) is 9.11. The van der Waals surface area contributed by atoms with Gasteiger partial charge in [0.2, 0.25) is 0 Å². The molecule has 30 heavy (non-hydrogen) atoms. The van der Waals surface area contributed by atoms with Crippen molar-refractivity contribution in [3.63, 3.8) is 0 Å². The highest BCUT2D eigenvalue weighted by molar-refractivity contribution is 6.06. The van der Waals surface area contributed by atoms with Gasteiger partial charge in [-0.25, -0.2) is 0 Å². The normalized spacial score (nSPS) is 14.6. The first-order valence-corrected chi connectivity index (χ1v) is 10.0. The van der Waals surface area contributed by atoms with Gasteiger partial charge in [-0.15, -0.1) is 0 Å². The van der Waals surface area contributed by atoms with Gasteiger partial charge >= 0.3 is 0 Å². The van der Waals surface area contributed by atoms with Crippen LogP contribution in [0.15, 0.2) is 59.5 Å². The summed E-state index contributed by atoms with van der Waals surface area (Å²) in [6, 6.07) is 14.4. The Kier molecular flexibility index (Phi) is 6.11. The zero-order valence-electron chi connectivity index (χ0n) is 17.0. The van der Waals surface area contributed by atoms with Gasteiger partial charge in [-0.3, -0.25) is 19.1 Å². The molecule has 7 heteroatoms. The lowest BCUT2D eigenvalue weighted by atomic mass is 10.1. The van der Waals surface area contributed by atoms with Gasteiger partial charge in [0.05, 0.1) is 25.9 Å². The third-order valence-electron chi connectivity index (χ3n) is 5.34. The highest BCUT2D eigenvalue weighted by atomic mass is 16.5. The van der Waals surface area contributed by atoms with E-state index < -0.39 is 0 Å². The van der Waals surface area contributed by atoms with Crippen LogP contribution in [0.1, 0.15) is 10.4 Å². The van der Waals surface area contributed by atoms with Crippen LogP contribution in [-0.2, 0) is 4.74 Å². The summed E-state index contributed by atoms with van der Waals surface area (Å²) < 4.78 is 12.1. The van der Waals surface area contributed by atoms with Crippen LogP contribution < -0.4 is 15.6 Å². The van der Waals surface area contributed by atoms with E-state index in [9.17, 15) is 9.59 Å². The molecule has 0 unspecified atom stereocenters. The summed E-state index contributed by atoms with van der Waals surface area (Å²) >= 11 is 0. The van der Waals surface area contributed by atoms with Crippen molar-refractivity contribution in [2.24, 2.45) is 0 Å². The number of aromatic nitrogens is 1. The number of benzene rings is 2. The summed E-state index contributed by atoms with van der Waals surface area (Å²) in [5.74, 6) is 0.510. The van der Waals surface area contributed by atoms with Crippen LogP contribution in [0.5, 0.6) is 5.75 Å². The average molecular weight is 407 g/mol. The lowest BCUT2D eigenvalue weighted by Crippen LogP contribution is -2.41. The van der Waals surface area contributed by atoms with E-state index in [-0.39, 0.29) is 11.5 Å². The number of ether oxygens (including phenoxy) is 2. The van der Waals surface area contributed by atoms with Crippen LogP contribution in [-0.4, -0.2) is 61.9 Å². The first kappa shape index (κ1) is 20.1.